The SMILES string of the molecule is Oc1ccc(-c2ccc3ncnc(Nc4ccccc4)c3c2)cc1. The van der Waals surface area contributed by atoms with E-state index in [1.807, 2.05) is 54.6 Å². The maximum absolute atomic E-state index is 9.45. The summed E-state index contributed by atoms with van der Waals surface area (Å²) in [5, 5.41) is 13.7. The zero-order valence-electron chi connectivity index (χ0n) is 12.8. The van der Waals surface area contributed by atoms with E-state index in [4.69, 9.17) is 0 Å². The molecular formula is C20H15N3O. The molecule has 3 aromatic carbocycles. The van der Waals surface area contributed by atoms with Crippen molar-refractivity contribution in [1.82, 2.24) is 9.97 Å². The molecular weight excluding hydrogens is 298 g/mol. The van der Waals surface area contributed by atoms with Crippen LogP contribution in [-0.4, -0.2) is 15.1 Å². The monoisotopic (exact) mass is 313 g/mol. The summed E-state index contributed by atoms with van der Waals surface area (Å²) in [5.41, 5.74) is 3.94. The van der Waals surface area contributed by atoms with E-state index >= 15 is 0 Å². The first-order valence-electron chi connectivity index (χ1n) is 7.66. The number of hydrogen-bond donors (Lipinski definition) is 2. The zero-order valence-corrected chi connectivity index (χ0v) is 12.8. The van der Waals surface area contributed by atoms with E-state index in [0.29, 0.717) is 0 Å². The number of hydrogen-bond acceptors (Lipinski definition) is 4. The van der Waals surface area contributed by atoms with Gasteiger partial charge in [0.15, 0.2) is 0 Å². The van der Waals surface area contributed by atoms with Crippen LogP contribution in [0.3, 0.4) is 0 Å². The van der Waals surface area contributed by atoms with Gasteiger partial charge in [0, 0.05) is 11.1 Å². The van der Waals surface area contributed by atoms with Gasteiger partial charge in [-0.2, -0.15) is 0 Å². The van der Waals surface area contributed by atoms with Crippen molar-refractivity contribution in [1.29, 1.82) is 0 Å². The van der Waals surface area contributed by atoms with E-state index in [9.17, 15) is 5.11 Å². The summed E-state index contributed by atoms with van der Waals surface area (Å²) in [4.78, 5) is 8.73. The summed E-state index contributed by atoms with van der Waals surface area (Å²) >= 11 is 0. The molecule has 0 aliphatic rings. The van der Waals surface area contributed by atoms with Crippen LogP contribution in [0.25, 0.3) is 22.0 Å². The van der Waals surface area contributed by atoms with E-state index in [1.165, 1.54) is 0 Å². The van der Waals surface area contributed by atoms with Gasteiger partial charge in [0.2, 0.25) is 0 Å². The third-order valence-electron chi connectivity index (χ3n) is 3.87. The van der Waals surface area contributed by atoms with Crippen molar-refractivity contribution in [2.75, 3.05) is 5.32 Å². The third kappa shape index (κ3) is 2.77. The zero-order chi connectivity index (χ0) is 16.4. The molecule has 0 saturated heterocycles. The lowest BCUT2D eigenvalue weighted by Crippen LogP contribution is -1.96. The van der Waals surface area contributed by atoms with E-state index in [-0.39, 0.29) is 5.75 Å². The van der Waals surface area contributed by atoms with Gasteiger partial charge >= 0.3 is 0 Å². The van der Waals surface area contributed by atoms with E-state index in [2.05, 4.69) is 21.4 Å². The fourth-order valence-electron chi connectivity index (χ4n) is 2.65. The number of nitrogens with zero attached hydrogens (tertiary/aromatic N) is 2. The average Bonchev–Trinajstić information content (AvgIpc) is 2.63. The minimum Gasteiger partial charge on any atom is -0.508 e. The van der Waals surface area contributed by atoms with Crippen LogP contribution in [0, 0.1) is 0 Å². The second-order valence-corrected chi connectivity index (χ2v) is 5.49. The number of anilines is 2. The Hall–Kier alpha value is -3.40. The Balaban J connectivity index is 1.80. The maximum atomic E-state index is 9.45. The highest BCUT2D eigenvalue weighted by molar-refractivity contribution is 5.93. The molecule has 1 heterocycles. The van der Waals surface area contributed by atoms with Gasteiger partial charge in [-0.05, 0) is 47.5 Å². The minimum absolute atomic E-state index is 0.259. The maximum Gasteiger partial charge on any atom is 0.141 e. The molecule has 4 rings (SSSR count). The first-order valence-corrected chi connectivity index (χ1v) is 7.66. The predicted octanol–water partition coefficient (Wildman–Crippen LogP) is 4.75. The van der Waals surface area contributed by atoms with Gasteiger partial charge in [0.25, 0.3) is 0 Å². The van der Waals surface area contributed by atoms with Crippen molar-refractivity contribution >= 4 is 22.4 Å². The van der Waals surface area contributed by atoms with Gasteiger partial charge in [-0.1, -0.05) is 36.4 Å². The van der Waals surface area contributed by atoms with Crippen LogP contribution >= 0.6 is 0 Å². The number of phenolic OH excluding ortho intramolecular Hbond substituents is 1. The van der Waals surface area contributed by atoms with Crippen LogP contribution in [0.2, 0.25) is 0 Å². The summed E-state index contributed by atoms with van der Waals surface area (Å²) < 4.78 is 0. The lowest BCUT2D eigenvalue weighted by molar-refractivity contribution is 0.475. The van der Waals surface area contributed by atoms with Gasteiger partial charge in [-0.25, -0.2) is 9.97 Å². The first-order chi connectivity index (χ1) is 11.8. The Kier molecular flexibility index (Phi) is 3.56. The lowest BCUT2D eigenvalue weighted by atomic mass is 10.0. The average molecular weight is 313 g/mol. The Morgan fingerprint density at radius 1 is 0.750 bits per heavy atom. The van der Waals surface area contributed by atoms with Crippen molar-refractivity contribution in [3.63, 3.8) is 0 Å². The summed E-state index contributed by atoms with van der Waals surface area (Å²) in [6, 6.07) is 23.2. The molecule has 4 aromatic rings. The van der Waals surface area contributed by atoms with Crippen LogP contribution in [0.4, 0.5) is 11.5 Å². The number of rotatable bonds is 3. The van der Waals surface area contributed by atoms with Crippen LogP contribution in [0.15, 0.2) is 79.1 Å². The van der Waals surface area contributed by atoms with Gasteiger partial charge in [-0.3, -0.25) is 0 Å². The molecule has 0 amide bonds. The Labute approximate surface area is 139 Å². The largest absolute Gasteiger partial charge is 0.508 e. The molecule has 4 nitrogen and oxygen atoms in total. The molecule has 2 N–H and O–H groups in total. The molecule has 0 fully saturated rings. The molecule has 0 radical (unpaired) electrons. The molecule has 0 aliphatic heterocycles. The van der Waals surface area contributed by atoms with Crippen molar-refractivity contribution in [3.8, 4) is 16.9 Å². The van der Waals surface area contributed by atoms with Gasteiger partial charge in [0.1, 0.15) is 17.9 Å². The number of benzene rings is 3. The molecule has 24 heavy (non-hydrogen) atoms. The third-order valence-corrected chi connectivity index (χ3v) is 3.87. The second-order valence-electron chi connectivity index (χ2n) is 5.49. The fraction of sp³-hybridized carbons (Fsp3) is 0. The van der Waals surface area contributed by atoms with Crippen molar-refractivity contribution in [2.24, 2.45) is 0 Å². The second kappa shape index (κ2) is 6.01. The molecule has 4 heteroatoms. The topological polar surface area (TPSA) is 58.0 Å². The highest BCUT2D eigenvalue weighted by Gasteiger charge is 2.06. The van der Waals surface area contributed by atoms with Crippen molar-refractivity contribution in [2.45, 2.75) is 0 Å². The van der Waals surface area contributed by atoms with Crippen LogP contribution in [0.1, 0.15) is 0 Å². The van der Waals surface area contributed by atoms with Crippen LogP contribution in [0.5, 0.6) is 5.75 Å². The highest BCUT2D eigenvalue weighted by atomic mass is 16.3. The van der Waals surface area contributed by atoms with E-state index in [1.54, 1.807) is 18.5 Å². The molecule has 0 spiro atoms. The molecule has 116 valence electrons. The minimum atomic E-state index is 0.259. The van der Waals surface area contributed by atoms with Crippen molar-refractivity contribution < 1.29 is 5.11 Å². The highest BCUT2D eigenvalue weighted by Crippen LogP contribution is 2.29. The van der Waals surface area contributed by atoms with Crippen molar-refractivity contribution in [3.05, 3.63) is 79.1 Å². The van der Waals surface area contributed by atoms with Gasteiger partial charge in [0.05, 0.1) is 5.52 Å². The number of aromatic nitrogens is 2. The number of phenols is 1. The summed E-state index contributed by atoms with van der Waals surface area (Å²) in [6.45, 7) is 0. The summed E-state index contributed by atoms with van der Waals surface area (Å²) in [5.74, 6) is 1.03. The number of fused-ring (bicyclic) bond motifs is 1. The fourth-order valence-corrected chi connectivity index (χ4v) is 2.65. The van der Waals surface area contributed by atoms with E-state index < -0.39 is 0 Å². The molecule has 0 aliphatic carbocycles. The molecule has 0 bridgehead atoms. The predicted molar refractivity (Wildman–Crippen MR) is 96.4 cm³/mol. The molecule has 1 aromatic heterocycles. The number of nitrogens with one attached hydrogen (secondary N) is 1. The molecule has 0 atom stereocenters. The number of aromatic hydroxyl groups is 1. The Bertz CT molecular complexity index is 983. The lowest BCUT2D eigenvalue weighted by Gasteiger charge is -2.10. The normalized spacial score (nSPS) is 10.7. The number of para-hydroxylation sites is 1. The van der Waals surface area contributed by atoms with Crippen LogP contribution in [-0.2, 0) is 0 Å². The Morgan fingerprint density at radius 2 is 1.50 bits per heavy atom. The van der Waals surface area contributed by atoms with Crippen LogP contribution < -0.4 is 5.32 Å². The summed E-state index contributed by atoms with van der Waals surface area (Å²) in [6.07, 6.45) is 1.56. The smallest absolute Gasteiger partial charge is 0.141 e. The standard InChI is InChI=1S/C20H15N3O/c24-17-9-6-14(7-10-17)15-8-11-19-18(12-15)20(22-13-21-19)23-16-4-2-1-3-5-16/h1-13,24H,(H,21,22,23). The molecule has 0 unspecified atom stereocenters. The van der Waals surface area contributed by atoms with Gasteiger partial charge < -0.3 is 10.4 Å². The quantitative estimate of drug-likeness (QED) is 0.573. The first kappa shape index (κ1) is 14.2. The summed E-state index contributed by atoms with van der Waals surface area (Å²) in [7, 11) is 0. The van der Waals surface area contributed by atoms with Gasteiger partial charge in [-0.15, -0.1) is 0 Å². The molecule has 0 saturated carbocycles. The van der Waals surface area contributed by atoms with E-state index in [0.717, 1.165) is 33.5 Å². The Morgan fingerprint density at radius 3 is 2.29 bits per heavy atom.